The highest BCUT2D eigenvalue weighted by atomic mass is 16.5. The molecule has 0 saturated heterocycles. The number of phenols is 1. The number of benzene rings is 1. The zero-order valence-electron chi connectivity index (χ0n) is 7.73. The first-order valence-electron chi connectivity index (χ1n) is 4.38. The van der Waals surface area contributed by atoms with E-state index in [9.17, 15) is 9.90 Å². The third-order valence-corrected chi connectivity index (χ3v) is 2.26. The maximum atomic E-state index is 10.7. The molecular weight excluding hydrogens is 180 g/mol. The molecular formula is C11H10O3. The van der Waals surface area contributed by atoms with Crippen molar-refractivity contribution in [3.8, 4) is 11.5 Å². The molecule has 1 aliphatic heterocycles. The number of ether oxygens (including phenoxy) is 1. The van der Waals surface area contributed by atoms with E-state index in [1.165, 1.54) is 0 Å². The highest BCUT2D eigenvalue weighted by Crippen LogP contribution is 2.34. The summed E-state index contributed by atoms with van der Waals surface area (Å²) in [4.78, 5) is 10.7. The van der Waals surface area contributed by atoms with Gasteiger partial charge < -0.3 is 9.84 Å². The number of phenolic OH excluding ortho intramolecular Hbond substituents is 1. The van der Waals surface area contributed by atoms with Gasteiger partial charge in [0.15, 0.2) is 0 Å². The third-order valence-electron chi connectivity index (χ3n) is 2.26. The average Bonchev–Trinajstić information content (AvgIpc) is 2.17. The van der Waals surface area contributed by atoms with Crippen LogP contribution in [0.3, 0.4) is 0 Å². The van der Waals surface area contributed by atoms with Gasteiger partial charge in [0, 0.05) is 5.57 Å². The minimum Gasteiger partial charge on any atom is -0.507 e. The van der Waals surface area contributed by atoms with Gasteiger partial charge in [0.2, 0.25) is 0 Å². The Balaban J connectivity index is 2.57. The van der Waals surface area contributed by atoms with E-state index in [1.54, 1.807) is 31.2 Å². The number of rotatable bonds is 1. The fraction of sp³-hybridized carbons (Fsp3) is 0.182. The smallest absolute Gasteiger partial charge is 0.149 e. The zero-order chi connectivity index (χ0) is 10.1. The minimum atomic E-state index is -0.248. The summed E-state index contributed by atoms with van der Waals surface area (Å²) in [5.41, 5.74) is 1.12. The number of aromatic hydroxyl groups is 1. The fourth-order valence-electron chi connectivity index (χ4n) is 1.45. The molecule has 0 amide bonds. The normalized spacial score (nSPS) is 19.2. The van der Waals surface area contributed by atoms with Crippen LogP contribution in [0.2, 0.25) is 0 Å². The van der Waals surface area contributed by atoms with Gasteiger partial charge in [-0.3, -0.25) is 4.79 Å². The van der Waals surface area contributed by atoms with Crippen LogP contribution in [0.5, 0.6) is 11.5 Å². The molecule has 72 valence electrons. The van der Waals surface area contributed by atoms with Crippen LogP contribution < -0.4 is 4.74 Å². The van der Waals surface area contributed by atoms with Gasteiger partial charge in [-0.05, 0) is 25.1 Å². The molecule has 0 spiro atoms. The van der Waals surface area contributed by atoms with Crippen LogP contribution in [-0.4, -0.2) is 17.5 Å². The molecule has 0 fully saturated rings. The fourth-order valence-corrected chi connectivity index (χ4v) is 1.45. The van der Waals surface area contributed by atoms with Crippen molar-refractivity contribution in [2.24, 2.45) is 0 Å². The lowest BCUT2D eigenvalue weighted by atomic mass is 10.0. The Morgan fingerprint density at radius 3 is 3.00 bits per heavy atom. The van der Waals surface area contributed by atoms with Gasteiger partial charge in [-0.15, -0.1) is 0 Å². The highest BCUT2D eigenvalue weighted by molar-refractivity contribution is 5.86. The molecule has 0 radical (unpaired) electrons. The second-order valence-electron chi connectivity index (χ2n) is 3.21. The minimum absolute atomic E-state index is 0.133. The van der Waals surface area contributed by atoms with Crippen LogP contribution >= 0.6 is 0 Å². The Kier molecular flexibility index (Phi) is 2.00. The van der Waals surface area contributed by atoms with E-state index in [4.69, 9.17) is 4.74 Å². The Morgan fingerprint density at radius 1 is 1.50 bits per heavy atom. The molecule has 1 N–H and O–H groups in total. The molecule has 1 atom stereocenters. The molecule has 1 aliphatic rings. The highest BCUT2D eigenvalue weighted by Gasteiger charge is 2.19. The van der Waals surface area contributed by atoms with Crippen molar-refractivity contribution in [1.29, 1.82) is 0 Å². The Labute approximate surface area is 81.6 Å². The van der Waals surface area contributed by atoms with Gasteiger partial charge in [0.05, 0.1) is 5.56 Å². The number of hydrogen-bond donors (Lipinski definition) is 1. The summed E-state index contributed by atoms with van der Waals surface area (Å²) in [6.45, 7) is 1.80. The second-order valence-corrected chi connectivity index (χ2v) is 3.21. The van der Waals surface area contributed by atoms with Crippen molar-refractivity contribution in [2.75, 3.05) is 0 Å². The molecule has 3 nitrogen and oxygen atoms in total. The quantitative estimate of drug-likeness (QED) is 0.686. The van der Waals surface area contributed by atoms with Crippen LogP contribution in [0.1, 0.15) is 12.5 Å². The topological polar surface area (TPSA) is 46.5 Å². The monoisotopic (exact) mass is 190 g/mol. The summed E-state index contributed by atoms with van der Waals surface area (Å²) in [6, 6.07) is 5.04. The van der Waals surface area contributed by atoms with Gasteiger partial charge in [-0.25, -0.2) is 0 Å². The first-order chi connectivity index (χ1) is 6.72. The first-order valence-corrected chi connectivity index (χ1v) is 4.38. The largest absolute Gasteiger partial charge is 0.507 e. The average molecular weight is 190 g/mol. The summed E-state index contributed by atoms with van der Waals surface area (Å²) in [5.74, 6) is 0.747. The third kappa shape index (κ3) is 1.27. The van der Waals surface area contributed by atoms with E-state index < -0.39 is 0 Å². The molecule has 0 bridgehead atoms. The predicted octanol–water partition coefficient (Wildman–Crippen LogP) is 1.76. The van der Waals surface area contributed by atoms with E-state index in [2.05, 4.69) is 0 Å². The summed E-state index contributed by atoms with van der Waals surface area (Å²) < 4.78 is 5.46. The predicted molar refractivity (Wildman–Crippen MR) is 52.2 cm³/mol. The lowest BCUT2D eigenvalue weighted by Gasteiger charge is -2.21. The van der Waals surface area contributed by atoms with Crippen LogP contribution in [0, 0.1) is 0 Å². The molecule has 3 heteroatoms. The van der Waals surface area contributed by atoms with Gasteiger partial charge in [-0.2, -0.15) is 0 Å². The number of aldehydes is 1. The number of carbonyl (C=O) groups excluding carboxylic acids is 1. The molecule has 0 saturated carbocycles. The molecule has 2 rings (SSSR count). The van der Waals surface area contributed by atoms with Crippen molar-refractivity contribution >= 4 is 12.4 Å². The van der Waals surface area contributed by atoms with Crippen molar-refractivity contribution in [3.05, 3.63) is 29.3 Å². The van der Waals surface area contributed by atoms with E-state index >= 15 is 0 Å². The maximum Gasteiger partial charge on any atom is 0.149 e. The molecule has 1 heterocycles. The van der Waals surface area contributed by atoms with Gasteiger partial charge in [-0.1, -0.05) is 6.07 Å². The molecule has 14 heavy (non-hydrogen) atoms. The van der Waals surface area contributed by atoms with Crippen LogP contribution in [0.25, 0.3) is 6.08 Å². The van der Waals surface area contributed by atoms with Crippen LogP contribution in [0.15, 0.2) is 23.8 Å². The lowest BCUT2D eigenvalue weighted by molar-refractivity contribution is -0.105. The SMILES string of the molecule is CC1Oc2cccc(O)c2C=C1C=O. The molecule has 1 unspecified atom stereocenters. The summed E-state index contributed by atoms with van der Waals surface area (Å²) in [6.07, 6.45) is 2.16. The van der Waals surface area contributed by atoms with Crippen molar-refractivity contribution < 1.29 is 14.6 Å². The Morgan fingerprint density at radius 2 is 2.29 bits per heavy atom. The van der Waals surface area contributed by atoms with Crippen LogP contribution in [-0.2, 0) is 4.79 Å². The molecule has 0 aromatic heterocycles. The maximum absolute atomic E-state index is 10.7. The standard InChI is InChI=1S/C11H10O3/c1-7-8(6-12)5-9-10(13)3-2-4-11(9)14-7/h2-7,13H,1H3. The molecule has 1 aromatic carbocycles. The number of fused-ring (bicyclic) bond motifs is 1. The van der Waals surface area contributed by atoms with Gasteiger partial charge in [0.25, 0.3) is 0 Å². The number of hydrogen-bond acceptors (Lipinski definition) is 3. The summed E-state index contributed by atoms with van der Waals surface area (Å²) in [7, 11) is 0. The lowest BCUT2D eigenvalue weighted by Crippen LogP contribution is -2.19. The van der Waals surface area contributed by atoms with Crippen LogP contribution in [0.4, 0.5) is 0 Å². The zero-order valence-corrected chi connectivity index (χ0v) is 7.73. The summed E-state index contributed by atoms with van der Waals surface area (Å²) >= 11 is 0. The van der Waals surface area contributed by atoms with Crippen molar-refractivity contribution in [1.82, 2.24) is 0 Å². The van der Waals surface area contributed by atoms with Crippen molar-refractivity contribution in [2.45, 2.75) is 13.0 Å². The second kappa shape index (κ2) is 3.18. The van der Waals surface area contributed by atoms with E-state index in [0.717, 1.165) is 6.29 Å². The number of carbonyl (C=O) groups is 1. The summed E-state index contributed by atoms with van der Waals surface area (Å²) in [5, 5.41) is 9.52. The van der Waals surface area contributed by atoms with Gasteiger partial charge >= 0.3 is 0 Å². The Hall–Kier alpha value is -1.77. The molecule has 1 aromatic rings. The van der Waals surface area contributed by atoms with E-state index in [0.29, 0.717) is 16.9 Å². The van der Waals surface area contributed by atoms with Crippen molar-refractivity contribution in [3.63, 3.8) is 0 Å². The molecule has 0 aliphatic carbocycles. The Bertz CT molecular complexity index is 407. The first kappa shape index (κ1) is 8.81. The van der Waals surface area contributed by atoms with E-state index in [1.807, 2.05) is 0 Å². The van der Waals surface area contributed by atoms with E-state index in [-0.39, 0.29) is 11.9 Å². The van der Waals surface area contributed by atoms with Gasteiger partial charge in [0.1, 0.15) is 23.9 Å².